The smallest absolute Gasteiger partial charge is 0.329 e. The van der Waals surface area contributed by atoms with Gasteiger partial charge in [-0.2, -0.15) is 0 Å². The van der Waals surface area contributed by atoms with E-state index in [1.165, 1.54) is 11.8 Å². The predicted molar refractivity (Wildman–Crippen MR) is 146 cm³/mol. The number of urea groups is 1. The number of nitrogens with one attached hydrogen (secondary N) is 3. The van der Waals surface area contributed by atoms with Crippen LogP contribution in [0.5, 0.6) is 0 Å². The van der Waals surface area contributed by atoms with Crippen LogP contribution >= 0.6 is 0 Å². The molecule has 5 N–H and O–H groups in total. The van der Waals surface area contributed by atoms with E-state index in [9.17, 15) is 28.8 Å². The molecule has 12 heteroatoms. The summed E-state index contributed by atoms with van der Waals surface area (Å²) in [5, 5.41) is 7.77. The molecule has 0 aromatic heterocycles. The highest BCUT2D eigenvalue weighted by Crippen LogP contribution is 2.26. The SMILES string of the molecule is CCC[C@H](NC(=O)NC(C(=O)N1CCCC1C(=O)NC(C)C(=O)C(N)=O)C(C)(C)C)C(=O)OCc1ccccc1. The van der Waals surface area contributed by atoms with Crippen LogP contribution in [0.25, 0.3) is 0 Å². The van der Waals surface area contributed by atoms with E-state index >= 15 is 0 Å². The summed E-state index contributed by atoms with van der Waals surface area (Å²) < 4.78 is 5.39. The van der Waals surface area contributed by atoms with Crippen LogP contribution in [-0.2, 0) is 35.3 Å². The van der Waals surface area contributed by atoms with Crippen molar-refractivity contribution in [3.8, 4) is 0 Å². The molecule has 220 valence electrons. The average molecular weight is 560 g/mol. The summed E-state index contributed by atoms with van der Waals surface area (Å²) in [6.07, 6.45) is 1.83. The van der Waals surface area contributed by atoms with Gasteiger partial charge in [0.1, 0.15) is 24.7 Å². The number of carbonyl (C=O) groups excluding carboxylic acids is 6. The highest BCUT2D eigenvalue weighted by atomic mass is 16.5. The molecular formula is C28H41N5O7. The van der Waals surface area contributed by atoms with Crippen molar-refractivity contribution in [3.63, 3.8) is 0 Å². The molecule has 0 radical (unpaired) electrons. The fraction of sp³-hybridized carbons (Fsp3) is 0.571. The lowest BCUT2D eigenvalue weighted by Gasteiger charge is -2.35. The van der Waals surface area contributed by atoms with Crippen molar-refractivity contribution in [2.75, 3.05) is 6.54 Å². The maximum absolute atomic E-state index is 13.6. The molecule has 3 unspecified atom stereocenters. The molecule has 0 bridgehead atoms. The molecule has 1 saturated heterocycles. The number of primary amides is 1. The van der Waals surface area contributed by atoms with Gasteiger partial charge in [0.25, 0.3) is 5.91 Å². The second kappa shape index (κ2) is 14.4. The Morgan fingerprint density at radius 3 is 2.27 bits per heavy atom. The number of carbonyl (C=O) groups is 6. The number of hydrogen-bond donors (Lipinski definition) is 4. The standard InChI is InChI=1S/C28H41N5O7/c1-6-11-19(26(38)40-16-18-12-8-7-9-13-18)31-27(39)32-22(28(3,4)5)25(37)33-15-10-14-20(33)24(36)30-17(2)21(34)23(29)35/h7-9,12-13,17,19-20,22H,6,10-11,14-16H2,1-5H3,(H2,29,35)(H,30,36)(H2,31,32,39)/t17?,19-,20?,22?/m0/s1. The zero-order valence-electron chi connectivity index (χ0n) is 23.8. The molecular weight excluding hydrogens is 518 g/mol. The van der Waals surface area contributed by atoms with Crippen molar-refractivity contribution in [2.24, 2.45) is 11.1 Å². The maximum Gasteiger partial charge on any atom is 0.329 e. The third-order valence-corrected chi connectivity index (χ3v) is 6.61. The van der Waals surface area contributed by atoms with E-state index in [2.05, 4.69) is 16.0 Å². The number of esters is 1. The minimum absolute atomic E-state index is 0.0638. The van der Waals surface area contributed by atoms with Crippen LogP contribution in [0.2, 0.25) is 0 Å². The van der Waals surface area contributed by atoms with Crippen LogP contribution in [0.4, 0.5) is 4.79 Å². The number of ketones is 1. The Morgan fingerprint density at radius 2 is 1.70 bits per heavy atom. The molecule has 1 aliphatic heterocycles. The van der Waals surface area contributed by atoms with Gasteiger partial charge in [0.15, 0.2) is 0 Å². The van der Waals surface area contributed by atoms with Crippen molar-refractivity contribution in [3.05, 3.63) is 35.9 Å². The highest BCUT2D eigenvalue weighted by molar-refractivity contribution is 6.37. The van der Waals surface area contributed by atoms with Gasteiger partial charge in [-0.25, -0.2) is 9.59 Å². The van der Waals surface area contributed by atoms with Crippen molar-refractivity contribution >= 4 is 35.5 Å². The lowest BCUT2D eigenvalue weighted by Crippen LogP contribution is -2.60. The predicted octanol–water partition coefficient (Wildman–Crippen LogP) is 1.16. The minimum atomic E-state index is -1.17. The van der Waals surface area contributed by atoms with Gasteiger partial charge in [-0.15, -0.1) is 0 Å². The second-order valence-electron chi connectivity index (χ2n) is 11.0. The number of Topliss-reactive ketones (excluding diaryl/α,β-unsaturated/α-hetero) is 1. The van der Waals surface area contributed by atoms with E-state index < -0.39 is 65.1 Å². The van der Waals surface area contributed by atoms with Gasteiger partial charge in [0, 0.05) is 6.54 Å². The Morgan fingerprint density at radius 1 is 1.05 bits per heavy atom. The summed E-state index contributed by atoms with van der Waals surface area (Å²) >= 11 is 0. The number of amides is 5. The number of nitrogens with two attached hydrogens (primary N) is 1. The Bertz CT molecular complexity index is 1090. The monoisotopic (exact) mass is 559 g/mol. The molecule has 0 saturated carbocycles. The van der Waals surface area contributed by atoms with E-state index in [4.69, 9.17) is 10.5 Å². The Kier molecular flexibility index (Phi) is 11.6. The van der Waals surface area contributed by atoms with Gasteiger partial charge in [-0.3, -0.25) is 19.2 Å². The van der Waals surface area contributed by atoms with Crippen LogP contribution in [0.15, 0.2) is 30.3 Å². The van der Waals surface area contributed by atoms with Gasteiger partial charge in [-0.1, -0.05) is 64.4 Å². The first-order valence-electron chi connectivity index (χ1n) is 13.5. The minimum Gasteiger partial charge on any atom is -0.459 e. The molecule has 2 rings (SSSR count). The topological polar surface area (TPSA) is 177 Å². The quantitative estimate of drug-likeness (QED) is 0.219. The van der Waals surface area contributed by atoms with Crippen LogP contribution in [0, 0.1) is 5.41 Å². The van der Waals surface area contributed by atoms with Crippen molar-refractivity contribution in [2.45, 2.75) is 91.1 Å². The summed E-state index contributed by atoms with van der Waals surface area (Å²) in [6, 6.07) is 4.47. The highest BCUT2D eigenvalue weighted by Gasteiger charge is 2.42. The molecule has 40 heavy (non-hydrogen) atoms. The normalized spacial score (nSPS) is 17.2. The van der Waals surface area contributed by atoms with Gasteiger partial charge < -0.3 is 31.3 Å². The summed E-state index contributed by atoms with van der Waals surface area (Å²) in [6.45, 7) is 8.86. The van der Waals surface area contributed by atoms with E-state index in [1.807, 2.05) is 37.3 Å². The molecule has 1 heterocycles. The van der Waals surface area contributed by atoms with Gasteiger partial charge >= 0.3 is 12.0 Å². The van der Waals surface area contributed by atoms with Crippen LogP contribution in [0.3, 0.4) is 0 Å². The number of hydrogen-bond acceptors (Lipinski definition) is 7. The summed E-state index contributed by atoms with van der Waals surface area (Å²) in [7, 11) is 0. The molecule has 1 aliphatic rings. The third-order valence-electron chi connectivity index (χ3n) is 6.61. The van der Waals surface area contributed by atoms with Gasteiger partial charge in [0.05, 0.1) is 6.04 Å². The van der Waals surface area contributed by atoms with Gasteiger partial charge in [-0.05, 0) is 37.2 Å². The largest absolute Gasteiger partial charge is 0.459 e. The molecule has 4 atom stereocenters. The molecule has 1 aromatic carbocycles. The van der Waals surface area contributed by atoms with E-state index in [1.54, 1.807) is 20.8 Å². The van der Waals surface area contributed by atoms with Crippen molar-refractivity contribution in [1.29, 1.82) is 0 Å². The van der Waals surface area contributed by atoms with E-state index in [0.717, 1.165) is 5.56 Å². The van der Waals surface area contributed by atoms with Crippen molar-refractivity contribution in [1.82, 2.24) is 20.9 Å². The van der Waals surface area contributed by atoms with Gasteiger partial charge in [0.2, 0.25) is 17.6 Å². The number of rotatable bonds is 12. The van der Waals surface area contributed by atoms with E-state index in [0.29, 0.717) is 25.7 Å². The number of benzene rings is 1. The summed E-state index contributed by atoms with van der Waals surface area (Å²) in [5.41, 5.74) is 5.07. The molecule has 12 nitrogen and oxygen atoms in total. The number of likely N-dealkylation sites (tertiary alicyclic amines) is 1. The van der Waals surface area contributed by atoms with Crippen molar-refractivity contribution < 1.29 is 33.5 Å². The lowest BCUT2D eigenvalue weighted by atomic mass is 9.85. The Balaban J connectivity index is 2.09. The first kappa shape index (κ1) is 32.3. The molecule has 5 amide bonds. The lowest BCUT2D eigenvalue weighted by molar-refractivity contribution is -0.147. The first-order valence-corrected chi connectivity index (χ1v) is 13.5. The molecule has 0 spiro atoms. The third kappa shape index (κ3) is 9.06. The van der Waals surface area contributed by atoms with Crippen LogP contribution in [-0.4, -0.2) is 71.1 Å². The zero-order chi connectivity index (χ0) is 30.0. The van der Waals surface area contributed by atoms with Crippen LogP contribution in [0.1, 0.15) is 65.9 Å². The fourth-order valence-electron chi connectivity index (χ4n) is 4.40. The summed E-state index contributed by atoms with van der Waals surface area (Å²) in [4.78, 5) is 76.6. The molecule has 0 aliphatic carbocycles. The summed E-state index contributed by atoms with van der Waals surface area (Å²) in [5.74, 6) is -3.77. The number of ether oxygens (including phenoxy) is 1. The Labute approximate surface area is 234 Å². The average Bonchev–Trinajstić information content (AvgIpc) is 3.39. The number of nitrogens with zero attached hydrogens (tertiary/aromatic N) is 1. The van der Waals surface area contributed by atoms with Crippen LogP contribution < -0.4 is 21.7 Å². The molecule has 1 aromatic rings. The Hall–Kier alpha value is -3.96. The second-order valence-corrected chi connectivity index (χ2v) is 11.0. The fourth-order valence-corrected chi connectivity index (χ4v) is 4.40. The maximum atomic E-state index is 13.6. The zero-order valence-corrected chi connectivity index (χ0v) is 23.8. The first-order chi connectivity index (χ1) is 18.8. The molecule has 1 fully saturated rings. The van der Waals surface area contributed by atoms with E-state index in [-0.39, 0.29) is 13.2 Å².